The lowest BCUT2D eigenvalue weighted by Gasteiger charge is -2.22. The molecule has 3 aromatic rings. The maximum absolute atomic E-state index is 13.4. The number of carbonyl (C=O) groups is 2. The monoisotopic (exact) mass is 476 g/mol. The molecule has 2 aliphatic rings. The zero-order chi connectivity index (χ0) is 24.7. The zero-order valence-electron chi connectivity index (χ0n) is 19.5. The molecule has 182 valence electrons. The number of nitrogens with zero attached hydrogens (tertiary/aromatic N) is 3. The van der Waals surface area contributed by atoms with Crippen LogP contribution in [0, 0.1) is 0 Å². The van der Waals surface area contributed by atoms with Crippen LogP contribution in [0.1, 0.15) is 60.1 Å². The summed E-state index contributed by atoms with van der Waals surface area (Å²) in [5, 5.41) is 3.00. The number of nitrogens with one attached hydrogen (secondary N) is 2. The summed E-state index contributed by atoms with van der Waals surface area (Å²) in [6.45, 7) is 3.45. The van der Waals surface area contributed by atoms with Crippen molar-refractivity contribution in [2.24, 2.45) is 5.73 Å². The van der Waals surface area contributed by atoms with Crippen LogP contribution in [0.3, 0.4) is 0 Å². The number of primary amides is 1. The summed E-state index contributed by atoms with van der Waals surface area (Å²) in [6, 6.07) is 8.78. The first-order valence-corrected chi connectivity index (χ1v) is 12.0. The van der Waals surface area contributed by atoms with E-state index in [9.17, 15) is 19.2 Å². The predicted molar refractivity (Wildman–Crippen MR) is 131 cm³/mol. The van der Waals surface area contributed by atoms with Gasteiger partial charge in [0.25, 0.3) is 11.5 Å². The van der Waals surface area contributed by atoms with E-state index < -0.39 is 17.2 Å². The van der Waals surface area contributed by atoms with Gasteiger partial charge in [-0.1, -0.05) is 12.1 Å². The fraction of sp³-hybridized carbons (Fsp3) is 0.400. The third-order valence-electron chi connectivity index (χ3n) is 6.79. The van der Waals surface area contributed by atoms with Crippen molar-refractivity contribution in [2.75, 3.05) is 11.9 Å². The number of nitrogens with two attached hydrogens (primary N) is 1. The summed E-state index contributed by atoms with van der Waals surface area (Å²) in [4.78, 5) is 59.2. The minimum absolute atomic E-state index is 0.103. The largest absolute Gasteiger partial charge is 0.368 e. The van der Waals surface area contributed by atoms with Gasteiger partial charge < -0.3 is 11.1 Å². The first kappa shape index (κ1) is 23.0. The van der Waals surface area contributed by atoms with Crippen molar-refractivity contribution in [3.05, 3.63) is 68.0 Å². The Morgan fingerprint density at radius 1 is 1.20 bits per heavy atom. The molecule has 2 fully saturated rings. The van der Waals surface area contributed by atoms with Crippen LogP contribution in [-0.4, -0.2) is 43.8 Å². The summed E-state index contributed by atoms with van der Waals surface area (Å²) in [5.74, 6) is -0.536. The number of aromatic nitrogens is 3. The highest BCUT2D eigenvalue weighted by Crippen LogP contribution is 2.40. The Morgan fingerprint density at radius 3 is 2.71 bits per heavy atom. The van der Waals surface area contributed by atoms with Crippen LogP contribution in [0.5, 0.6) is 0 Å². The second-order valence-corrected chi connectivity index (χ2v) is 9.26. The molecule has 1 aliphatic carbocycles. The Balaban J connectivity index is 1.47. The van der Waals surface area contributed by atoms with E-state index in [0.717, 1.165) is 43.5 Å². The molecule has 2 aromatic heterocycles. The Labute approximate surface area is 201 Å². The van der Waals surface area contributed by atoms with Crippen LogP contribution in [0.25, 0.3) is 11.0 Å². The summed E-state index contributed by atoms with van der Waals surface area (Å²) >= 11 is 0. The molecule has 10 nitrogen and oxygen atoms in total. The number of likely N-dealkylation sites (tertiary alicyclic amines) is 1. The van der Waals surface area contributed by atoms with Crippen molar-refractivity contribution in [1.82, 2.24) is 19.4 Å². The zero-order valence-corrected chi connectivity index (χ0v) is 19.5. The highest BCUT2D eigenvalue weighted by atomic mass is 16.2. The van der Waals surface area contributed by atoms with Gasteiger partial charge in [0.2, 0.25) is 5.91 Å². The number of pyridine rings is 1. The minimum atomic E-state index is -0.630. The number of carbonyl (C=O) groups excluding carboxylic acids is 2. The molecule has 1 aliphatic heterocycles. The standard InChI is InChI=1S/C25H28N6O4/c1-2-31-22-20(24(34)29-25(31)35)17(12-18(28-22)15-8-9-15)23(33)27-16-6-3-5-14(11-16)13-30-10-4-7-19(30)21(26)32/h3,5-6,11-12,15,19H,2,4,7-10,13H2,1H3,(H2,26,32)(H,27,33)(H,29,34,35). The maximum atomic E-state index is 13.4. The van der Waals surface area contributed by atoms with Crippen LogP contribution < -0.4 is 22.3 Å². The smallest absolute Gasteiger partial charge is 0.329 e. The van der Waals surface area contributed by atoms with Crippen LogP contribution in [0.2, 0.25) is 0 Å². The maximum Gasteiger partial charge on any atom is 0.329 e. The fourth-order valence-corrected chi connectivity index (χ4v) is 4.87. The molecule has 1 atom stereocenters. The molecular formula is C25H28N6O4. The van der Waals surface area contributed by atoms with Crippen LogP contribution in [0.15, 0.2) is 39.9 Å². The molecule has 0 radical (unpaired) electrons. The topological polar surface area (TPSA) is 143 Å². The van der Waals surface area contributed by atoms with Gasteiger partial charge in [0.1, 0.15) is 0 Å². The predicted octanol–water partition coefficient (Wildman–Crippen LogP) is 1.68. The second-order valence-electron chi connectivity index (χ2n) is 9.26. The quantitative estimate of drug-likeness (QED) is 0.473. The highest BCUT2D eigenvalue weighted by Gasteiger charge is 2.30. The lowest BCUT2D eigenvalue weighted by atomic mass is 10.1. The number of hydrogen-bond acceptors (Lipinski definition) is 6. The fourth-order valence-electron chi connectivity index (χ4n) is 4.87. The van der Waals surface area contributed by atoms with E-state index in [4.69, 9.17) is 5.73 Å². The van der Waals surface area contributed by atoms with E-state index in [2.05, 4.69) is 15.3 Å². The molecule has 0 bridgehead atoms. The third-order valence-corrected chi connectivity index (χ3v) is 6.79. The van der Waals surface area contributed by atoms with Crippen LogP contribution >= 0.6 is 0 Å². The van der Waals surface area contributed by atoms with Gasteiger partial charge in [-0.2, -0.15) is 0 Å². The molecule has 4 N–H and O–H groups in total. The van der Waals surface area contributed by atoms with E-state index in [-0.39, 0.29) is 34.5 Å². The van der Waals surface area contributed by atoms with Gasteiger partial charge in [-0.15, -0.1) is 0 Å². The molecule has 1 saturated heterocycles. The lowest BCUT2D eigenvalue weighted by molar-refractivity contribution is -0.122. The Hall–Kier alpha value is -3.79. The van der Waals surface area contributed by atoms with E-state index in [1.807, 2.05) is 23.1 Å². The number of hydrogen-bond donors (Lipinski definition) is 3. The van der Waals surface area contributed by atoms with Crippen molar-refractivity contribution in [1.29, 1.82) is 0 Å². The number of rotatable bonds is 7. The number of fused-ring (bicyclic) bond motifs is 1. The average Bonchev–Trinajstić information content (AvgIpc) is 3.57. The van der Waals surface area contributed by atoms with E-state index in [1.54, 1.807) is 19.1 Å². The lowest BCUT2D eigenvalue weighted by Crippen LogP contribution is -2.39. The molecule has 1 saturated carbocycles. The SMILES string of the molecule is CCn1c(=O)[nH]c(=O)c2c(C(=O)Nc3cccc(CN4CCCC4C(N)=O)c3)cc(C3CC3)nc21. The Bertz CT molecular complexity index is 1440. The average molecular weight is 477 g/mol. The first-order chi connectivity index (χ1) is 16.9. The van der Waals surface area contributed by atoms with Gasteiger partial charge >= 0.3 is 5.69 Å². The van der Waals surface area contributed by atoms with E-state index in [0.29, 0.717) is 18.8 Å². The van der Waals surface area contributed by atoms with Gasteiger partial charge in [-0.25, -0.2) is 9.78 Å². The Kier molecular flexibility index (Phi) is 5.98. The molecule has 10 heteroatoms. The second kappa shape index (κ2) is 9.10. The third kappa shape index (κ3) is 4.49. The van der Waals surface area contributed by atoms with Gasteiger partial charge in [-0.3, -0.25) is 28.8 Å². The number of aromatic amines is 1. The van der Waals surface area contributed by atoms with Crippen molar-refractivity contribution in [2.45, 2.75) is 57.7 Å². The van der Waals surface area contributed by atoms with E-state index >= 15 is 0 Å². The van der Waals surface area contributed by atoms with Gasteiger partial charge in [0.05, 0.1) is 17.0 Å². The van der Waals surface area contributed by atoms with Gasteiger partial charge in [0.15, 0.2) is 5.65 Å². The molecule has 35 heavy (non-hydrogen) atoms. The highest BCUT2D eigenvalue weighted by molar-refractivity contribution is 6.11. The molecule has 0 spiro atoms. The molecule has 3 heterocycles. The molecule has 1 aromatic carbocycles. The summed E-state index contributed by atoms with van der Waals surface area (Å²) in [7, 11) is 0. The summed E-state index contributed by atoms with van der Waals surface area (Å²) in [6.07, 6.45) is 3.59. The molecule has 5 rings (SSSR count). The van der Waals surface area contributed by atoms with Gasteiger partial charge in [0, 0.05) is 30.4 Å². The minimum Gasteiger partial charge on any atom is -0.368 e. The molecule has 2 amide bonds. The normalized spacial score (nSPS) is 18.1. The van der Waals surface area contributed by atoms with Gasteiger partial charge in [-0.05, 0) is 62.9 Å². The summed E-state index contributed by atoms with van der Waals surface area (Å²) in [5.41, 5.74) is 7.02. The van der Waals surface area contributed by atoms with Crippen LogP contribution in [0.4, 0.5) is 5.69 Å². The number of H-pyrrole nitrogens is 1. The molecular weight excluding hydrogens is 448 g/mol. The number of benzene rings is 1. The van der Waals surface area contributed by atoms with Crippen molar-refractivity contribution in [3.63, 3.8) is 0 Å². The molecule has 1 unspecified atom stereocenters. The van der Waals surface area contributed by atoms with E-state index in [1.165, 1.54) is 4.57 Å². The van der Waals surface area contributed by atoms with Crippen LogP contribution in [-0.2, 0) is 17.9 Å². The summed E-state index contributed by atoms with van der Waals surface area (Å²) < 4.78 is 1.38. The number of aryl methyl sites for hydroxylation is 1. The van der Waals surface area contributed by atoms with Crippen molar-refractivity contribution >= 4 is 28.5 Å². The van der Waals surface area contributed by atoms with Crippen molar-refractivity contribution in [3.8, 4) is 0 Å². The van der Waals surface area contributed by atoms with Crippen molar-refractivity contribution < 1.29 is 9.59 Å². The number of amides is 2. The Morgan fingerprint density at radius 2 is 2.00 bits per heavy atom. The number of anilines is 1. The first-order valence-electron chi connectivity index (χ1n) is 12.0.